The second kappa shape index (κ2) is 4.76. The quantitative estimate of drug-likeness (QED) is 0.664. The molecule has 1 saturated carbocycles. The van der Waals surface area contributed by atoms with Crippen molar-refractivity contribution >= 4 is 34.8 Å². The van der Waals surface area contributed by atoms with Crippen LogP contribution in [-0.4, -0.2) is 5.88 Å². The van der Waals surface area contributed by atoms with E-state index < -0.39 is 0 Å². The summed E-state index contributed by atoms with van der Waals surface area (Å²) < 4.78 is 0. The molecule has 3 heteroatoms. The van der Waals surface area contributed by atoms with Crippen molar-refractivity contribution in [1.82, 2.24) is 0 Å². The third-order valence-electron chi connectivity index (χ3n) is 3.49. The number of halogens is 3. The summed E-state index contributed by atoms with van der Waals surface area (Å²) in [7, 11) is 0. The zero-order valence-electron chi connectivity index (χ0n) is 9.27. The highest BCUT2D eigenvalue weighted by Crippen LogP contribution is 2.48. The molecule has 1 fully saturated rings. The molecule has 0 saturated heterocycles. The molecule has 0 aliphatic heterocycles. The van der Waals surface area contributed by atoms with Crippen LogP contribution in [0.2, 0.25) is 10.0 Å². The lowest BCUT2D eigenvalue weighted by molar-refractivity contribution is 0.313. The Morgan fingerprint density at radius 3 is 2.56 bits per heavy atom. The van der Waals surface area contributed by atoms with Crippen LogP contribution in [0.5, 0.6) is 0 Å². The summed E-state index contributed by atoms with van der Waals surface area (Å²) in [5.74, 6) is 1.43. The smallest absolute Gasteiger partial charge is 0.0624 e. The molecular formula is C13H15Cl3. The van der Waals surface area contributed by atoms with Crippen LogP contribution in [-0.2, 0) is 6.42 Å². The third-order valence-corrected chi connectivity index (χ3v) is 4.96. The number of hydrogen-bond acceptors (Lipinski definition) is 0. The summed E-state index contributed by atoms with van der Waals surface area (Å²) in [5.41, 5.74) is 1.28. The third kappa shape index (κ3) is 2.50. The molecule has 0 radical (unpaired) electrons. The first-order valence-corrected chi connectivity index (χ1v) is 6.85. The number of benzene rings is 1. The molecule has 1 aliphatic carbocycles. The lowest BCUT2D eigenvalue weighted by Crippen LogP contribution is -2.24. The van der Waals surface area contributed by atoms with Crippen molar-refractivity contribution in [1.29, 1.82) is 0 Å². The van der Waals surface area contributed by atoms with Crippen LogP contribution in [0.4, 0.5) is 0 Å². The van der Waals surface area contributed by atoms with Crippen LogP contribution in [0.3, 0.4) is 0 Å². The summed E-state index contributed by atoms with van der Waals surface area (Å²) in [6.07, 6.45) is 3.50. The Morgan fingerprint density at radius 2 is 2.00 bits per heavy atom. The standard InChI is InChI=1S/C13H15Cl3/c1-13(8-14,10-5-6-10)7-9-3-2-4-11(15)12(9)16/h2-4,10H,5-8H2,1H3. The van der Waals surface area contributed by atoms with E-state index in [9.17, 15) is 0 Å². The van der Waals surface area contributed by atoms with Crippen molar-refractivity contribution in [2.75, 3.05) is 5.88 Å². The second-order valence-corrected chi connectivity index (χ2v) is 6.00. The summed E-state index contributed by atoms with van der Waals surface area (Å²) >= 11 is 18.3. The molecule has 88 valence electrons. The summed E-state index contributed by atoms with van der Waals surface area (Å²) in [6, 6.07) is 5.81. The number of rotatable bonds is 4. The van der Waals surface area contributed by atoms with Gasteiger partial charge in [-0.3, -0.25) is 0 Å². The van der Waals surface area contributed by atoms with Gasteiger partial charge in [0.1, 0.15) is 0 Å². The van der Waals surface area contributed by atoms with Gasteiger partial charge in [0.15, 0.2) is 0 Å². The molecule has 0 aromatic heterocycles. The van der Waals surface area contributed by atoms with Gasteiger partial charge < -0.3 is 0 Å². The molecule has 0 N–H and O–H groups in total. The molecule has 1 aromatic rings. The van der Waals surface area contributed by atoms with Gasteiger partial charge in [0.25, 0.3) is 0 Å². The van der Waals surface area contributed by atoms with E-state index in [4.69, 9.17) is 34.8 Å². The van der Waals surface area contributed by atoms with Crippen molar-refractivity contribution in [2.45, 2.75) is 26.2 Å². The maximum atomic E-state index is 6.21. The molecule has 2 rings (SSSR count). The minimum absolute atomic E-state index is 0.163. The molecule has 1 aliphatic rings. The van der Waals surface area contributed by atoms with E-state index in [1.165, 1.54) is 12.8 Å². The fraction of sp³-hybridized carbons (Fsp3) is 0.538. The molecule has 0 amide bonds. The fourth-order valence-corrected chi connectivity index (χ4v) is 2.90. The average Bonchev–Trinajstić information content (AvgIpc) is 3.08. The number of hydrogen-bond donors (Lipinski definition) is 0. The van der Waals surface area contributed by atoms with Gasteiger partial charge >= 0.3 is 0 Å². The van der Waals surface area contributed by atoms with Crippen molar-refractivity contribution in [3.63, 3.8) is 0 Å². The predicted molar refractivity (Wildman–Crippen MR) is 71.7 cm³/mol. The van der Waals surface area contributed by atoms with Crippen LogP contribution in [0.25, 0.3) is 0 Å². The SMILES string of the molecule is CC(CCl)(Cc1cccc(Cl)c1Cl)C1CC1. The van der Waals surface area contributed by atoms with Crippen molar-refractivity contribution in [2.24, 2.45) is 11.3 Å². The molecule has 1 atom stereocenters. The molecule has 0 bridgehead atoms. The van der Waals surface area contributed by atoms with Gasteiger partial charge in [0.2, 0.25) is 0 Å². The van der Waals surface area contributed by atoms with E-state index in [0.29, 0.717) is 15.9 Å². The van der Waals surface area contributed by atoms with Gasteiger partial charge in [-0.05, 0) is 42.2 Å². The Labute approximate surface area is 112 Å². The monoisotopic (exact) mass is 276 g/mol. The summed E-state index contributed by atoms with van der Waals surface area (Å²) in [5, 5.41) is 1.31. The summed E-state index contributed by atoms with van der Waals surface area (Å²) in [4.78, 5) is 0. The van der Waals surface area contributed by atoms with Crippen LogP contribution in [0.15, 0.2) is 18.2 Å². The minimum Gasteiger partial charge on any atom is -0.126 e. The zero-order chi connectivity index (χ0) is 11.8. The Hall–Kier alpha value is 0.0900. The molecule has 16 heavy (non-hydrogen) atoms. The predicted octanol–water partition coefficient (Wildman–Crippen LogP) is 5.19. The van der Waals surface area contributed by atoms with E-state index in [-0.39, 0.29) is 5.41 Å². The molecule has 1 unspecified atom stereocenters. The van der Waals surface area contributed by atoms with Gasteiger partial charge in [0, 0.05) is 5.88 Å². The van der Waals surface area contributed by atoms with Gasteiger partial charge in [0.05, 0.1) is 10.0 Å². The second-order valence-electron chi connectivity index (χ2n) is 4.95. The van der Waals surface area contributed by atoms with E-state index >= 15 is 0 Å². The largest absolute Gasteiger partial charge is 0.126 e. The van der Waals surface area contributed by atoms with Crippen LogP contribution >= 0.6 is 34.8 Å². The van der Waals surface area contributed by atoms with Crippen molar-refractivity contribution < 1.29 is 0 Å². The Kier molecular flexibility index (Phi) is 3.73. The lowest BCUT2D eigenvalue weighted by atomic mass is 9.81. The van der Waals surface area contributed by atoms with Gasteiger partial charge in [-0.2, -0.15) is 0 Å². The Balaban J connectivity index is 2.22. The summed E-state index contributed by atoms with van der Waals surface area (Å²) in [6.45, 7) is 2.24. The minimum atomic E-state index is 0.163. The van der Waals surface area contributed by atoms with Crippen LogP contribution < -0.4 is 0 Å². The molecule has 0 heterocycles. The maximum Gasteiger partial charge on any atom is 0.0624 e. The Morgan fingerprint density at radius 1 is 1.31 bits per heavy atom. The molecular weight excluding hydrogens is 263 g/mol. The first kappa shape index (κ1) is 12.5. The van der Waals surface area contributed by atoms with E-state index in [2.05, 4.69) is 6.92 Å². The highest BCUT2D eigenvalue weighted by atomic mass is 35.5. The highest BCUT2D eigenvalue weighted by molar-refractivity contribution is 6.42. The van der Waals surface area contributed by atoms with Crippen molar-refractivity contribution in [3.05, 3.63) is 33.8 Å². The van der Waals surface area contributed by atoms with Crippen LogP contribution in [0, 0.1) is 11.3 Å². The van der Waals surface area contributed by atoms with Gasteiger partial charge in [-0.1, -0.05) is 42.3 Å². The molecule has 0 spiro atoms. The van der Waals surface area contributed by atoms with E-state index in [1.54, 1.807) is 0 Å². The van der Waals surface area contributed by atoms with Crippen molar-refractivity contribution in [3.8, 4) is 0 Å². The molecule has 1 aromatic carbocycles. The molecule has 0 nitrogen and oxygen atoms in total. The van der Waals surface area contributed by atoms with E-state index in [0.717, 1.165) is 17.9 Å². The normalized spacial score (nSPS) is 19.5. The lowest BCUT2D eigenvalue weighted by Gasteiger charge is -2.27. The number of alkyl halides is 1. The van der Waals surface area contributed by atoms with E-state index in [1.807, 2.05) is 18.2 Å². The zero-order valence-corrected chi connectivity index (χ0v) is 11.5. The fourth-order valence-electron chi connectivity index (χ4n) is 2.20. The van der Waals surface area contributed by atoms with Crippen LogP contribution in [0.1, 0.15) is 25.3 Å². The average molecular weight is 278 g/mol. The first-order chi connectivity index (χ1) is 7.57. The topological polar surface area (TPSA) is 0 Å². The van der Waals surface area contributed by atoms with Gasteiger partial charge in [-0.25, -0.2) is 0 Å². The Bertz CT molecular complexity index is 385. The highest BCUT2D eigenvalue weighted by Gasteiger charge is 2.41. The maximum absolute atomic E-state index is 6.21. The first-order valence-electron chi connectivity index (χ1n) is 5.56. The van der Waals surface area contributed by atoms with Gasteiger partial charge in [-0.15, -0.1) is 11.6 Å².